The van der Waals surface area contributed by atoms with Crippen molar-refractivity contribution in [2.45, 2.75) is 6.42 Å². The van der Waals surface area contributed by atoms with Crippen LogP contribution in [0.25, 0.3) is 0 Å². The molecule has 0 aliphatic carbocycles. The molecule has 1 rings (SSSR count). The Morgan fingerprint density at radius 3 is 2.81 bits per heavy atom. The standard InChI is InChI=1S/C10H8ClN3OS/c11-8-5-6(14-9(15)3-4-12)1-2-7(8)10(13)16/h1-2,5H,3H2,(H2,13,16)(H,14,15). The number of hydrogen-bond donors (Lipinski definition) is 2. The topological polar surface area (TPSA) is 78.9 Å². The fourth-order valence-electron chi connectivity index (χ4n) is 1.07. The van der Waals surface area contributed by atoms with E-state index in [0.717, 1.165) is 0 Å². The summed E-state index contributed by atoms with van der Waals surface area (Å²) in [7, 11) is 0. The maximum atomic E-state index is 11.1. The van der Waals surface area contributed by atoms with E-state index in [9.17, 15) is 4.79 Å². The minimum absolute atomic E-state index is 0.194. The fraction of sp³-hybridized carbons (Fsp3) is 0.100. The van der Waals surface area contributed by atoms with Gasteiger partial charge in [0.15, 0.2) is 0 Å². The first-order valence-electron chi connectivity index (χ1n) is 4.30. The van der Waals surface area contributed by atoms with E-state index < -0.39 is 0 Å². The number of rotatable bonds is 3. The minimum Gasteiger partial charge on any atom is -0.389 e. The average Bonchev–Trinajstić information content (AvgIpc) is 2.17. The molecular weight excluding hydrogens is 246 g/mol. The Labute approximate surface area is 103 Å². The minimum atomic E-state index is -0.387. The maximum absolute atomic E-state index is 11.1. The van der Waals surface area contributed by atoms with Crippen LogP contribution >= 0.6 is 23.8 Å². The summed E-state index contributed by atoms with van der Waals surface area (Å²) in [5.74, 6) is -0.387. The van der Waals surface area contributed by atoms with Gasteiger partial charge in [0, 0.05) is 11.3 Å². The Kier molecular flexibility index (Phi) is 4.23. The number of hydrogen-bond acceptors (Lipinski definition) is 3. The Bertz CT molecular complexity index is 481. The molecule has 0 saturated carbocycles. The van der Waals surface area contributed by atoms with Gasteiger partial charge in [0.2, 0.25) is 5.91 Å². The van der Waals surface area contributed by atoms with Crippen molar-refractivity contribution in [3.05, 3.63) is 28.8 Å². The predicted octanol–water partition coefficient (Wildman–Crippen LogP) is 1.83. The van der Waals surface area contributed by atoms with Gasteiger partial charge < -0.3 is 11.1 Å². The number of carbonyl (C=O) groups is 1. The van der Waals surface area contributed by atoms with Crippen LogP contribution in [-0.4, -0.2) is 10.9 Å². The van der Waals surface area contributed by atoms with Gasteiger partial charge in [-0.15, -0.1) is 0 Å². The Morgan fingerprint density at radius 1 is 1.62 bits per heavy atom. The lowest BCUT2D eigenvalue weighted by atomic mass is 10.2. The number of benzene rings is 1. The summed E-state index contributed by atoms with van der Waals surface area (Å²) in [5.41, 5.74) is 6.49. The third-order valence-corrected chi connectivity index (χ3v) is 2.29. The molecule has 82 valence electrons. The van der Waals surface area contributed by atoms with Gasteiger partial charge in [-0.3, -0.25) is 4.79 Å². The summed E-state index contributed by atoms with van der Waals surface area (Å²) in [6.07, 6.45) is -0.200. The van der Waals surface area contributed by atoms with Gasteiger partial charge in [0.25, 0.3) is 0 Å². The van der Waals surface area contributed by atoms with Crippen molar-refractivity contribution in [3.8, 4) is 6.07 Å². The van der Waals surface area contributed by atoms with Crippen LogP contribution in [0.3, 0.4) is 0 Å². The molecule has 16 heavy (non-hydrogen) atoms. The molecule has 0 radical (unpaired) electrons. The molecule has 0 spiro atoms. The van der Waals surface area contributed by atoms with Gasteiger partial charge in [-0.2, -0.15) is 5.26 Å². The molecule has 6 heteroatoms. The molecule has 0 atom stereocenters. The molecule has 0 aliphatic rings. The first-order chi connectivity index (χ1) is 7.54. The highest BCUT2D eigenvalue weighted by atomic mass is 35.5. The molecule has 0 bridgehead atoms. The van der Waals surface area contributed by atoms with Crippen LogP contribution in [0.15, 0.2) is 18.2 Å². The molecule has 0 aromatic heterocycles. The Balaban J connectivity index is 2.86. The summed E-state index contributed by atoms with van der Waals surface area (Å²) in [5, 5.41) is 11.2. The molecule has 0 unspecified atom stereocenters. The van der Waals surface area contributed by atoms with Gasteiger partial charge in [0.1, 0.15) is 11.4 Å². The lowest BCUT2D eigenvalue weighted by Crippen LogP contribution is -2.12. The van der Waals surface area contributed by atoms with E-state index in [-0.39, 0.29) is 17.3 Å². The first-order valence-corrected chi connectivity index (χ1v) is 5.09. The number of amides is 1. The molecule has 3 N–H and O–H groups in total. The SMILES string of the molecule is N#CCC(=O)Nc1ccc(C(N)=S)c(Cl)c1. The predicted molar refractivity (Wildman–Crippen MR) is 66.2 cm³/mol. The highest BCUT2D eigenvalue weighted by molar-refractivity contribution is 7.80. The second-order valence-electron chi connectivity index (χ2n) is 2.94. The monoisotopic (exact) mass is 253 g/mol. The first kappa shape index (κ1) is 12.4. The molecule has 1 aromatic rings. The number of anilines is 1. The second-order valence-corrected chi connectivity index (χ2v) is 3.79. The summed E-state index contributed by atoms with van der Waals surface area (Å²) in [6, 6.07) is 6.52. The van der Waals surface area contributed by atoms with Crippen molar-refractivity contribution in [3.63, 3.8) is 0 Å². The zero-order valence-electron chi connectivity index (χ0n) is 8.16. The number of carbonyl (C=O) groups excluding carboxylic acids is 1. The largest absolute Gasteiger partial charge is 0.389 e. The lowest BCUT2D eigenvalue weighted by molar-refractivity contribution is -0.115. The maximum Gasteiger partial charge on any atom is 0.238 e. The molecule has 0 aliphatic heterocycles. The molecule has 0 heterocycles. The zero-order valence-corrected chi connectivity index (χ0v) is 9.73. The van der Waals surface area contributed by atoms with E-state index >= 15 is 0 Å². The van der Waals surface area contributed by atoms with E-state index in [0.29, 0.717) is 16.3 Å². The number of halogens is 1. The molecule has 1 aromatic carbocycles. The molecule has 4 nitrogen and oxygen atoms in total. The van der Waals surface area contributed by atoms with Crippen molar-refractivity contribution in [1.82, 2.24) is 0 Å². The van der Waals surface area contributed by atoms with Crippen LogP contribution in [0, 0.1) is 11.3 Å². The summed E-state index contributed by atoms with van der Waals surface area (Å²) in [4.78, 5) is 11.3. The Morgan fingerprint density at radius 2 is 2.31 bits per heavy atom. The average molecular weight is 254 g/mol. The van der Waals surface area contributed by atoms with Gasteiger partial charge in [-0.25, -0.2) is 0 Å². The summed E-state index contributed by atoms with van der Waals surface area (Å²) in [6.45, 7) is 0. The smallest absolute Gasteiger partial charge is 0.238 e. The number of nitrogens with two attached hydrogens (primary N) is 1. The molecule has 0 fully saturated rings. The quantitative estimate of drug-likeness (QED) is 0.806. The van der Waals surface area contributed by atoms with Crippen LogP contribution in [0.4, 0.5) is 5.69 Å². The highest BCUT2D eigenvalue weighted by Crippen LogP contribution is 2.20. The number of nitrogens with one attached hydrogen (secondary N) is 1. The van der Waals surface area contributed by atoms with Gasteiger partial charge in [-0.05, 0) is 18.2 Å². The third kappa shape index (κ3) is 3.19. The fourth-order valence-corrected chi connectivity index (χ4v) is 1.59. The number of nitriles is 1. The van der Waals surface area contributed by atoms with Crippen molar-refractivity contribution in [2.75, 3.05) is 5.32 Å². The van der Waals surface area contributed by atoms with E-state index in [1.807, 2.05) is 0 Å². The van der Waals surface area contributed by atoms with E-state index in [2.05, 4.69) is 5.32 Å². The molecule has 0 saturated heterocycles. The molecular formula is C10H8ClN3OS. The second kappa shape index (κ2) is 5.45. The number of thiocarbonyl (C=S) groups is 1. The van der Waals surface area contributed by atoms with E-state index in [1.54, 1.807) is 18.2 Å². The zero-order chi connectivity index (χ0) is 12.1. The van der Waals surface area contributed by atoms with Crippen LogP contribution in [0.1, 0.15) is 12.0 Å². The Hall–Kier alpha value is -1.64. The summed E-state index contributed by atoms with van der Waals surface area (Å²) >= 11 is 10.7. The molecule has 1 amide bonds. The van der Waals surface area contributed by atoms with Crippen molar-refractivity contribution >= 4 is 40.4 Å². The third-order valence-electron chi connectivity index (χ3n) is 1.76. The highest BCUT2D eigenvalue weighted by Gasteiger charge is 2.06. The van der Waals surface area contributed by atoms with Crippen LogP contribution in [0.2, 0.25) is 5.02 Å². The van der Waals surface area contributed by atoms with E-state index in [1.165, 1.54) is 6.07 Å². The lowest BCUT2D eigenvalue weighted by Gasteiger charge is -2.06. The van der Waals surface area contributed by atoms with Gasteiger partial charge in [-0.1, -0.05) is 23.8 Å². The summed E-state index contributed by atoms with van der Waals surface area (Å²) < 4.78 is 0. The van der Waals surface area contributed by atoms with Crippen LogP contribution in [0.5, 0.6) is 0 Å². The van der Waals surface area contributed by atoms with Gasteiger partial charge in [0.05, 0.1) is 11.1 Å². The van der Waals surface area contributed by atoms with Crippen molar-refractivity contribution in [1.29, 1.82) is 5.26 Å². The van der Waals surface area contributed by atoms with Crippen molar-refractivity contribution < 1.29 is 4.79 Å². The van der Waals surface area contributed by atoms with Crippen molar-refractivity contribution in [2.24, 2.45) is 5.73 Å². The van der Waals surface area contributed by atoms with Crippen LogP contribution < -0.4 is 11.1 Å². The number of nitrogens with zero attached hydrogens (tertiary/aromatic N) is 1. The van der Waals surface area contributed by atoms with E-state index in [4.69, 9.17) is 34.8 Å². The van der Waals surface area contributed by atoms with Gasteiger partial charge >= 0.3 is 0 Å². The normalized spacial score (nSPS) is 9.25. The van der Waals surface area contributed by atoms with Crippen LogP contribution in [-0.2, 0) is 4.79 Å².